The number of amidine groups is 1. The maximum absolute atomic E-state index is 12.4. The van der Waals surface area contributed by atoms with E-state index in [4.69, 9.17) is 17.3 Å². The number of carbonyl (C=O) groups is 1. The van der Waals surface area contributed by atoms with Gasteiger partial charge in [-0.05, 0) is 35.7 Å². The number of nitrogens with two attached hydrogens (primary N) is 1. The van der Waals surface area contributed by atoms with Crippen LogP contribution in [0.15, 0.2) is 46.8 Å². The van der Waals surface area contributed by atoms with E-state index in [2.05, 4.69) is 9.89 Å². The minimum atomic E-state index is 0.130. The second kappa shape index (κ2) is 7.68. The van der Waals surface area contributed by atoms with Gasteiger partial charge in [0.2, 0.25) is 0 Å². The molecular formula is C17H19ClN4OS. The quantitative estimate of drug-likeness (QED) is 0.516. The summed E-state index contributed by atoms with van der Waals surface area (Å²) in [7, 11) is 0. The van der Waals surface area contributed by atoms with Crippen molar-refractivity contribution in [3.8, 4) is 0 Å². The highest BCUT2D eigenvalue weighted by atomic mass is 35.5. The minimum Gasteiger partial charge on any atom is -0.386 e. The number of carbonyl (C=O) groups excluding carboxylic acids is 1. The van der Waals surface area contributed by atoms with Crippen LogP contribution in [0.2, 0.25) is 0 Å². The summed E-state index contributed by atoms with van der Waals surface area (Å²) in [4.78, 5) is 21.6. The van der Waals surface area contributed by atoms with E-state index >= 15 is 0 Å². The van der Waals surface area contributed by atoms with Gasteiger partial charge in [-0.25, -0.2) is 4.99 Å². The van der Waals surface area contributed by atoms with E-state index in [9.17, 15) is 4.79 Å². The lowest BCUT2D eigenvalue weighted by Crippen LogP contribution is -2.48. The van der Waals surface area contributed by atoms with Crippen LogP contribution in [0.25, 0.3) is 0 Å². The maximum atomic E-state index is 12.4. The maximum Gasteiger partial charge on any atom is 0.264 e. The molecule has 126 valence electrons. The van der Waals surface area contributed by atoms with Crippen molar-refractivity contribution >= 4 is 46.1 Å². The fourth-order valence-electron chi connectivity index (χ4n) is 2.66. The molecule has 1 aromatic carbocycles. The van der Waals surface area contributed by atoms with Gasteiger partial charge in [-0.3, -0.25) is 4.79 Å². The molecule has 1 fully saturated rings. The molecule has 0 spiro atoms. The summed E-state index contributed by atoms with van der Waals surface area (Å²) in [6, 6.07) is 11.7. The van der Waals surface area contributed by atoms with Gasteiger partial charge in [0.1, 0.15) is 5.84 Å². The lowest BCUT2D eigenvalue weighted by Gasteiger charge is -2.36. The van der Waals surface area contributed by atoms with E-state index in [1.54, 1.807) is 0 Å². The summed E-state index contributed by atoms with van der Waals surface area (Å²) < 4.78 is 0. The van der Waals surface area contributed by atoms with Crippen molar-refractivity contribution in [3.63, 3.8) is 0 Å². The number of hydrogen-bond acceptors (Lipinski definition) is 4. The molecule has 0 radical (unpaired) electrons. The first-order chi connectivity index (χ1) is 11.7. The summed E-state index contributed by atoms with van der Waals surface area (Å²) in [5.41, 5.74) is 7.56. The molecule has 2 N–H and O–H groups in total. The molecule has 1 saturated heterocycles. The summed E-state index contributed by atoms with van der Waals surface area (Å²) >= 11 is 7.13. The molecule has 1 amide bonds. The molecule has 3 rings (SSSR count). The molecule has 1 aromatic heterocycles. The number of benzene rings is 1. The van der Waals surface area contributed by atoms with Crippen molar-refractivity contribution in [2.24, 2.45) is 10.7 Å². The van der Waals surface area contributed by atoms with E-state index < -0.39 is 0 Å². The summed E-state index contributed by atoms with van der Waals surface area (Å²) in [6.07, 6.45) is 0. The van der Waals surface area contributed by atoms with E-state index in [0.29, 0.717) is 5.84 Å². The normalized spacial score (nSPS) is 15.6. The standard InChI is InChI=1S/C17H19ClN4OS/c18-12-16(19)20-13-3-5-14(6-4-13)21-7-9-22(10-8-21)17(23)15-2-1-11-24-15/h1-6,11H,7-10,12H2,(H2,19,20). The van der Waals surface area contributed by atoms with Gasteiger partial charge < -0.3 is 15.5 Å². The van der Waals surface area contributed by atoms with Gasteiger partial charge in [-0.15, -0.1) is 22.9 Å². The lowest BCUT2D eigenvalue weighted by atomic mass is 10.2. The molecule has 1 aliphatic heterocycles. The van der Waals surface area contributed by atoms with Crippen LogP contribution in [-0.4, -0.2) is 48.7 Å². The Hall–Kier alpha value is -2.05. The Kier molecular flexibility index (Phi) is 5.37. The highest BCUT2D eigenvalue weighted by Crippen LogP contribution is 2.22. The minimum absolute atomic E-state index is 0.130. The Morgan fingerprint density at radius 1 is 1.17 bits per heavy atom. The number of nitrogens with zero attached hydrogens (tertiary/aromatic N) is 3. The fourth-order valence-corrected chi connectivity index (χ4v) is 3.41. The zero-order chi connectivity index (χ0) is 16.9. The summed E-state index contributed by atoms with van der Waals surface area (Å²) in [5.74, 6) is 0.762. The van der Waals surface area contributed by atoms with Gasteiger partial charge in [0, 0.05) is 31.9 Å². The van der Waals surface area contributed by atoms with Gasteiger partial charge in [-0.2, -0.15) is 0 Å². The van der Waals surface area contributed by atoms with Gasteiger partial charge >= 0.3 is 0 Å². The second-order valence-electron chi connectivity index (χ2n) is 5.51. The van der Waals surface area contributed by atoms with Crippen LogP contribution in [-0.2, 0) is 0 Å². The molecular weight excluding hydrogens is 344 g/mol. The number of amides is 1. The molecule has 7 heteroatoms. The Balaban J connectivity index is 1.59. The average molecular weight is 363 g/mol. The Labute approximate surface area is 150 Å². The highest BCUT2D eigenvalue weighted by molar-refractivity contribution is 7.12. The molecule has 2 aromatic rings. The van der Waals surface area contributed by atoms with Crippen molar-refractivity contribution in [1.29, 1.82) is 0 Å². The first-order valence-corrected chi connectivity index (χ1v) is 9.15. The van der Waals surface area contributed by atoms with Crippen molar-refractivity contribution in [3.05, 3.63) is 46.7 Å². The second-order valence-corrected chi connectivity index (χ2v) is 6.72. The topological polar surface area (TPSA) is 61.9 Å². The number of hydrogen-bond donors (Lipinski definition) is 1. The van der Waals surface area contributed by atoms with E-state index in [1.165, 1.54) is 11.3 Å². The third kappa shape index (κ3) is 3.88. The number of piperazine rings is 1. The molecule has 0 saturated carbocycles. The van der Waals surface area contributed by atoms with Crippen LogP contribution >= 0.6 is 22.9 Å². The molecule has 2 heterocycles. The first kappa shape index (κ1) is 16.8. The molecule has 0 atom stereocenters. The van der Waals surface area contributed by atoms with Crippen molar-refractivity contribution in [2.75, 3.05) is 37.0 Å². The van der Waals surface area contributed by atoms with E-state index in [1.807, 2.05) is 46.7 Å². The Bertz CT molecular complexity index is 707. The van der Waals surface area contributed by atoms with Gasteiger partial charge in [0.05, 0.1) is 16.4 Å². The number of anilines is 1. The molecule has 5 nitrogen and oxygen atoms in total. The van der Waals surface area contributed by atoms with Crippen LogP contribution in [0.5, 0.6) is 0 Å². The number of aliphatic imine (C=N–C) groups is 1. The third-order valence-electron chi connectivity index (χ3n) is 3.92. The molecule has 0 bridgehead atoms. The predicted octanol–water partition coefficient (Wildman–Crippen LogP) is 2.94. The van der Waals surface area contributed by atoms with Crippen LogP contribution in [0.3, 0.4) is 0 Å². The molecule has 0 unspecified atom stereocenters. The van der Waals surface area contributed by atoms with Crippen molar-refractivity contribution in [2.45, 2.75) is 0 Å². The molecule has 24 heavy (non-hydrogen) atoms. The smallest absolute Gasteiger partial charge is 0.264 e. The SMILES string of the molecule is NC(CCl)=Nc1ccc(N2CCN(C(=O)c3cccs3)CC2)cc1. The van der Waals surface area contributed by atoms with E-state index in [0.717, 1.165) is 42.4 Å². The lowest BCUT2D eigenvalue weighted by molar-refractivity contribution is 0.0751. The third-order valence-corrected chi connectivity index (χ3v) is 5.06. The number of halogens is 1. The molecule has 0 aliphatic carbocycles. The Morgan fingerprint density at radius 3 is 2.46 bits per heavy atom. The average Bonchev–Trinajstić information content (AvgIpc) is 3.16. The zero-order valence-corrected chi connectivity index (χ0v) is 14.8. The fraction of sp³-hybridized carbons (Fsp3) is 0.294. The molecule has 1 aliphatic rings. The van der Waals surface area contributed by atoms with Crippen LogP contribution < -0.4 is 10.6 Å². The highest BCUT2D eigenvalue weighted by Gasteiger charge is 2.22. The predicted molar refractivity (Wildman–Crippen MR) is 101 cm³/mol. The summed E-state index contributed by atoms with van der Waals surface area (Å²) in [5, 5.41) is 1.94. The van der Waals surface area contributed by atoms with Gasteiger partial charge in [0.25, 0.3) is 5.91 Å². The Morgan fingerprint density at radius 2 is 1.88 bits per heavy atom. The monoisotopic (exact) mass is 362 g/mol. The first-order valence-electron chi connectivity index (χ1n) is 7.74. The van der Waals surface area contributed by atoms with Crippen LogP contribution in [0, 0.1) is 0 Å². The van der Waals surface area contributed by atoms with Crippen LogP contribution in [0.1, 0.15) is 9.67 Å². The summed E-state index contributed by atoms with van der Waals surface area (Å²) in [6.45, 7) is 3.11. The number of alkyl halides is 1. The zero-order valence-electron chi connectivity index (χ0n) is 13.2. The number of thiophene rings is 1. The van der Waals surface area contributed by atoms with Crippen LogP contribution in [0.4, 0.5) is 11.4 Å². The number of rotatable bonds is 4. The van der Waals surface area contributed by atoms with Gasteiger partial charge in [0.15, 0.2) is 0 Å². The van der Waals surface area contributed by atoms with E-state index in [-0.39, 0.29) is 11.8 Å². The van der Waals surface area contributed by atoms with Crippen molar-refractivity contribution in [1.82, 2.24) is 4.90 Å². The van der Waals surface area contributed by atoms with Gasteiger partial charge in [-0.1, -0.05) is 6.07 Å². The largest absolute Gasteiger partial charge is 0.386 e. The van der Waals surface area contributed by atoms with Crippen molar-refractivity contribution < 1.29 is 4.79 Å².